The zero-order chi connectivity index (χ0) is 29.8. The van der Waals surface area contributed by atoms with Gasteiger partial charge in [-0.3, -0.25) is 20.1 Å². The highest BCUT2D eigenvalue weighted by atomic mass is 19.4. The Hall–Kier alpha value is -3.30. The number of rotatable bonds is 8. The minimum atomic E-state index is -4.77. The van der Waals surface area contributed by atoms with E-state index < -0.39 is 34.4 Å². The summed E-state index contributed by atoms with van der Waals surface area (Å²) in [6.07, 6.45) is -6.21. The summed E-state index contributed by atoms with van der Waals surface area (Å²) < 4.78 is 78.1. The van der Waals surface area contributed by atoms with Gasteiger partial charge in [-0.05, 0) is 56.1 Å². The average Bonchev–Trinajstić information content (AvgIpc) is 2.93. The second-order valence-corrected chi connectivity index (χ2v) is 10.2. The van der Waals surface area contributed by atoms with Crippen LogP contribution in [0.25, 0.3) is 0 Å². The number of likely N-dealkylation sites (tertiary alicyclic amines) is 1. The van der Waals surface area contributed by atoms with Gasteiger partial charge in [-0.2, -0.15) is 26.3 Å². The lowest BCUT2D eigenvalue weighted by atomic mass is 10.0. The van der Waals surface area contributed by atoms with E-state index in [-0.39, 0.29) is 17.6 Å². The zero-order valence-corrected chi connectivity index (χ0v) is 22.1. The van der Waals surface area contributed by atoms with Crippen LogP contribution in [0, 0.1) is 0 Å². The second-order valence-electron chi connectivity index (χ2n) is 10.2. The fraction of sp³-hybridized carbons (Fsp3) is 0.538. The molecule has 2 aromatic rings. The molecule has 0 bridgehead atoms. The van der Waals surface area contributed by atoms with Crippen LogP contribution in [-0.4, -0.2) is 83.0 Å². The van der Waals surface area contributed by atoms with Crippen LogP contribution in [0.2, 0.25) is 0 Å². The predicted molar refractivity (Wildman–Crippen MR) is 138 cm³/mol. The first-order valence-corrected chi connectivity index (χ1v) is 13.3. The smallest absolute Gasteiger partial charge is 0.382 e. The maximum absolute atomic E-state index is 13.3. The van der Waals surface area contributed by atoms with Crippen molar-refractivity contribution in [2.75, 3.05) is 61.3 Å². The summed E-state index contributed by atoms with van der Waals surface area (Å²) >= 11 is 0. The number of benzene rings is 1. The third-order valence-corrected chi connectivity index (χ3v) is 7.37. The molecule has 0 spiro atoms. The summed E-state index contributed by atoms with van der Waals surface area (Å²) in [7, 11) is 0. The van der Waals surface area contributed by atoms with E-state index in [2.05, 4.69) is 15.2 Å². The van der Waals surface area contributed by atoms with E-state index in [4.69, 9.17) is 10.4 Å². The Morgan fingerprint density at radius 1 is 0.951 bits per heavy atom. The van der Waals surface area contributed by atoms with Gasteiger partial charge in [0.1, 0.15) is 11.5 Å². The van der Waals surface area contributed by atoms with Crippen molar-refractivity contribution in [3.05, 3.63) is 47.7 Å². The van der Waals surface area contributed by atoms with Gasteiger partial charge in [-0.25, -0.2) is 4.98 Å². The van der Waals surface area contributed by atoms with Gasteiger partial charge in [-0.1, -0.05) is 0 Å². The number of nitrogens with one attached hydrogen (secondary N) is 1. The van der Waals surface area contributed by atoms with E-state index in [1.54, 1.807) is 4.90 Å². The molecule has 41 heavy (non-hydrogen) atoms. The highest BCUT2D eigenvalue weighted by Gasteiger charge is 2.36. The van der Waals surface area contributed by atoms with Crippen molar-refractivity contribution in [2.45, 2.75) is 44.1 Å². The zero-order valence-electron chi connectivity index (χ0n) is 22.1. The molecule has 1 aromatic carbocycles. The monoisotopic (exact) mass is 590 g/mol. The number of piperazine rings is 1. The van der Waals surface area contributed by atoms with Crippen LogP contribution in [0.1, 0.15) is 36.8 Å². The van der Waals surface area contributed by atoms with E-state index in [0.29, 0.717) is 77.3 Å². The van der Waals surface area contributed by atoms with Gasteiger partial charge < -0.3 is 15.1 Å². The fourth-order valence-electron chi connectivity index (χ4n) is 5.09. The van der Waals surface area contributed by atoms with Crippen molar-refractivity contribution in [1.29, 1.82) is 0 Å². The summed E-state index contributed by atoms with van der Waals surface area (Å²) in [4.78, 5) is 22.6. The lowest BCUT2D eigenvalue weighted by Gasteiger charge is -2.36. The van der Waals surface area contributed by atoms with E-state index in [1.165, 1.54) is 12.1 Å². The minimum Gasteiger partial charge on any atom is -0.382 e. The van der Waals surface area contributed by atoms with Crippen molar-refractivity contribution in [3.63, 3.8) is 0 Å². The Balaban J connectivity index is 1.16. The summed E-state index contributed by atoms with van der Waals surface area (Å²) in [5, 5.41) is 20.6. The number of amides is 1. The average molecular weight is 591 g/mol. The Kier molecular flexibility index (Phi) is 9.49. The Bertz CT molecular complexity index is 1160. The molecule has 0 unspecified atom stereocenters. The SMILES string of the molecule is O=C(CCCN1CCN(c2ccc(C(F)(F)F)cn2)CC1)N1CCC(Nc2ccc(N(O)O)c(C(F)(F)F)c2)CC1. The van der Waals surface area contributed by atoms with Gasteiger partial charge in [0.25, 0.3) is 0 Å². The Labute approximate surface area is 232 Å². The van der Waals surface area contributed by atoms with Crippen LogP contribution in [-0.2, 0) is 17.1 Å². The van der Waals surface area contributed by atoms with Crippen molar-refractivity contribution in [1.82, 2.24) is 14.8 Å². The van der Waals surface area contributed by atoms with Crippen molar-refractivity contribution in [2.24, 2.45) is 0 Å². The van der Waals surface area contributed by atoms with Crippen LogP contribution >= 0.6 is 0 Å². The molecule has 15 heteroatoms. The highest BCUT2D eigenvalue weighted by Crippen LogP contribution is 2.38. The van der Waals surface area contributed by atoms with Gasteiger partial charge >= 0.3 is 12.4 Å². The van der Waals surface area contributed by atoms with Crippen LogP contribution in [0.3, 0.4) is 0 Å². The number of hydrogen-bond donors (Lipinski definition) is 3. The number of carbonyl (C=O) groups is 1. The third kappa shape index (κ3) is 8.14. The van der Waals surface area contributed by atoms with Gasteiger partial charge in [-0.15, -0.1) is 5.23 Å². The van der Waals surface area contributed by atoms with Crippen molar-refractivity contribution in [3.8, 4) is 0 Å². The lowest BCUT2D eigenvalue weighted by molar-refractivity contribution is -0.139. The molecule has 1 aromatic heterocycles. The van der Waals surface area contributed by atoms with Crippen LogP contribution < -0.4 is 15.4 Å². The molecule has 3 heterocycles. The topological polar surface area (TPSA) is 95.4 Å². The fourth-order valence-corrected chi connectivity index (χ4v) is 5.09. The molecule has 9 nitrogen and oxygen atoms in total. The lowest BCUT2D eigenvalue weighted by Crippen LogP contribution is -2.47. The Morgan fingerprint density at radius 2 is 1.63 bits per heavy atom. The number of aromatic nitrogens is 1. The summed E-state index contributed by atoms with van der Waals surface area (Å²) in [5.74, 6) is 0.524. The summed E-state index contributed by atoms with van der Waals surface area (Å²) in [6.45, 7) is 4.33. The highest BCUT2D eigenvalue weighted by molar-refractivity contribution is 5.76. The number of halogens is 6. The predicted octanol–water partition coefficient (Wildman–Crippen LogP) is 4.71. The van der Waals surface area contributed by atoms with Gasteiger partial charge in [0.15, 0.2) is 0 Å². The molecule has 4 rings (SSSR count). The van der Waals surface area contributed by atoms with E-state index in [1.807, 2.05) is 4.90 Å². The molecule has 1 amide bonds. The van der Waals surface area contributed by atoms with E-state index >= 15 is 0 Å². The second kappa shape index (κ2) is 12.7. The maximum Gasteiger partial charge on any atom is 0.418 e. The molecule has 2 aliphatic rings. The molecule has 2 fully saturated rings. The molecule has 0 saturated carbocycles. The molecular formula is C26H32F6N6O3. The van der Waals surface area contributed by atoms with Crippen molar-refractivity contribution < 1.29 is 41.6 Å². The molecule has 226 valence electrons. The van der Waals surface area contributed by atoms with Crippen LogP contribution in [0.15, 0.2) is 36.5 Å². The maximum atomic E-state index is 13.3. The third-order valence-electron chi connectivity index (χ3n) is 7.37. The largest absolute Gasteiger partial charge is 0.418 e. The van der Waals surface area contributed by atoms with Gasteiger partial charge in [0.05, 0.1) is 11.1 Å². The van der Waals surface area contributed by atoms with E-state index in [0.717, 1.165) is 24.4 Å². The number of hydrogen-bond acceptors (Lipinski definition) is 8. The molecule has 3 N–H and O–H groups in total. The first-order chi connectivity index (χ1) is 19.3. The molecule has 0 radical (unpaired) electrons. The van der Waals surface area contributed by atoms with Crippen molar-refractivity contribution >= 4 is 23.1 Å². The molecule has 2 aliphatic heterocycles. The summed E-state index contributed by atoms with van der Waals surface area (Å²) in [6, 6.07) is 5.40. The minimum absolute atomic E-state index is 0.0192. The number of nitrogens with zero attached hydrogens (tertiary/aromatic N) is 5. The first kappa shape index (κ1) is 30.7. The van der Waals surface area contributed by atoms with E-state index in [9.17, 15) is 31.1 Å². The molecular weight excluding hydrogens is 558 g/mol. The number of piperidine rings is 1. The van der Waals surface area contributed by atoms with Crippen LogP contribution in [0.5, 0.6) is 0 Å². The molecule has 0 aliphatic carbocycles. The molecule has 2 saturated heterocycles. The van der Waals surface area contributed by atoms with Crippen LogP contribution in [0.4, 0.5) is 43.5 Å². The molecule has 0 atom stereocenters. The number of anilines is 3. The normalized spacial score (nSPS) is 17.6. The number of alkyl halides is 6. The summed E-state index contributed by atoms with van der Waals surface area (Å²) in [5.41, 5.74) is -2.54. The first-order valence-electron chi connectivity index (χ1n) is 13.3. The quantitative estimate of drug-likeness (QED) is 0.301. The van der Waals surface area contributed by atoms with Gasteiger partial charge in [0.2, 0.25) is 5.91 Å². The Morgan fingerprint density at radius 3 is 2.20 bits per heavy atom. The standard InChI is InChI=1S/C26H32F6N6O3/c27-25(28,29)18-3-6-23(33-17-18)36-14-12-35(13-15-36)9-1-2-24(39)37-10-7-19(8-11-37)34-20-4-5-22(38(40)41)21(16-20)26(30,31)32/h3-6,16-17,19,34,40-41H,1-2,7-15H2. The number of pyridine rings is 1. The van der Waals surface area contributed by atoms with Gasteiger partial charge in [0, 0.05) is 63.6 Å². The number of carbonyl (C=O) groups excluding carboxylic acids is 1.